The molecule has 1 aromatic heterocycles. The number of phenolic OH excluding ortho intramolecular Hbond substituents is 1. The average Bonchev–Trinajstić information content (AvgIpc) is 2.77. The summed E-state index contributed by atoms with van der Waals surface area (Å²) in [6, 6.07) is 9.29. The number of oxazole rings is 1. The number of carbonyl (C=O) groups is 1. The minimum atomic E-state index is -0.457. The predicted molar refractivity (Wildman–Crippen MR) is 86.9 cm³/mol. The van der Waals surface area contributed by atoms with Crippen LogP contribution in [0.2, 0.25) is 0 Å². The number of aromatic nitrogens is 1. The zero-order valence-corrected chi connectivity index (χ0v) is 12.6. The third-order valence-corrected chi connectivity index (χ3v) is 3.50. The largest absolute Gasteiger partial charge is 0.508 e. The lowest BCUT2D eigenvalue weighted by Gasteiger charge is -2.09. The van der Waals surface area contributed by atoms with Crippen LogP contribution in [0.4, 0.5) is 16.2 Å². The molecule has 1 heterocycles. The molecular formula is C16H15N3O4. The van der Waals surface area contributed by atoms with E-state index in [0.717, 1.165) is 0 Å². The third kappa shape index (κ3) is 2.89. The fraction of sp³-hybridized carbons (Fsp3) is 0.125. The molecule has 0 atom stereocenters. The zero-order valence-electron chi connectivity index (χ0n) is 12.6. The highest BCUT2D eigenvalue weighted by Crippen LogP contribution is 2.21. The summed E-state index contributed by atoms with van der Waals surface area (Å²) in [5, 5.41) is 14.8. The van der Waals surface area contributed by atoms with Crippen LogP contribution in [0.3, 0.4) is 0 Å². The van der Waals surface area contributed by atoms with Crippen molar-refractivity contribution in [2.75, 3.05) is 10.6 Å². The SMILES string of the molecule is Cc1cc(NC(=O)Nc2ccc3c(c2)oc(=O)n3C)ccc1O. The van der Waals surface area contributed by atoms with Gasteiger partial charge >= 0.3 is 11.8 Å². The molecule has 0 aliphatic carbocycles. The first-order chi connectivity index (χ1) is 10.9. The summed E-state index contributed by atoms with van der Waals surface area (Å²) in [5.41, 5.74) is 2.77. The highest BCUT2D eigenvalue weighted by Gasteiger charge is 2.09. The second kappa shape index (κ2) is 5.53. The van der Waals surface area contributed by atoms with Gasteiger partial charge in [-0.3, -0.25) is 4.57 Å². The first kappa shape index (κ1) is 14.7. The highest BCUT2D eigenvalue weighted by molar-refractivity contribution is 6.00. The van der Waals surface area contributed by atoms with Gasteiger partial charge in [-0.1, -0.05) is 0 Å². The first-order valence-corrected chi connectivity index (χ1v) is 6.91. The minimum Gasteiger partial charge on any atom is -0.508 e. The maximum absolute atomic E-state index is 12.0. The molecule has 0 saturated heterocycles. The molecule has 0 fully saturated rings. The van der Waals surface area contributed by atoms with Gasteiger partial charge in [0.25, 0.3) is 0 Å². The Labute approximate surface area is 131 Å². The van der Waals surface area contributed by atoms with Crippen LogP contribution < -0.4 is 16.4 Å². The smallest absolute Gasteiger partial charge is 0.419 e. The molecule has 118 valence electrons. The lowest BCUT2D eigenvalue weighted by Crippen LogP contribution is -2.19. The minimum absolute atomic E-state index is 0.167. The van der Waals surface area contributed by atoms with Gasteiger partial charge in [-0.05, 0) is 42.8 Å². The molecule has 0 unspecified atom stereocenters. The van der Waals surface area contributed by atoms with E-state index >= 15 is 0 Å². The number of amides is 2. The lowest BCUT2D eigenvalue weighted by molar-refractivity contribution is 0.262. The fourth-order valence-electron chi connectivity index (χ4n) is 2.24. The van der Waals surface area contributed by atoms with Crippen LogP contribution in [-0.4, -0.2) is 15.7 Å². The Morgan fingerprint density at radius 3 is 2.48 bits per heavy atom. The predicted octanol–water partition coefficient (Wildman–Crippen LogP) is 2.79. The summed E-state index contributed by atoms with van der Waals surface area (Å²) in [6.07, 6.45) is 0. The molecule has 2 aromatic carbocycles. The molecule has 7 heteroatoms. The van der Waals surface area contributed by atoms with E-state index in [1.807, 2.05) is 0 Å². The number of hydrogen-bond donors (Lipinski definition) is 3. The van der Waals surface area contributed by atoms with E-state index in [1.165, 1.54) is 10.6 Å². The third-order valence-electron chi connectivity index (χ3n) is 3.50. The molecular weight excluding hydrogens is 298 g/mol. The molecule has 7 nitrogen and oxygen atoms in total. The van der Waals surface area contributed by atoms with E-state index < -0.39 is 11.8 Å². The summed E-state index contributed by atoms with van der Waals surface area (Å²) in [7, 11) is 1.61. The van der Waals surface area contributed by atoms with Gasteiger partial charge in [0, 0.05) is 24.5 Å². The van der Waals surface area contributed by atoms with Crippen molar-refractivity contribution < 1.29 is 14.3 Å². The maximum atomic E-state index is 12.0. The molecule has 0 radical (unpaired) electrons. The topological polar surface area (TPSA) is 96.5 Å². The summed E-state index contributed by atoms with van der Waals surface area (Å²) >= 11 is 0. The number of anilines is 2. The number of carbonyl (C=O) groups excluding carboxylic acids is 1. The molecule has 0 aliphatic heterocycles. The molecule has 0 saturated carbocycles. The summed E-state index contributed by atoms with van der Waals surface area (Å²) in [5.74, 6) is -0.290. The molecule has 0 bridgehead atoms. The van der Waals surface area contributed by atoms with Crippen molar-refractivity contribution in [3.63, 3.8) is 0 Å². The number of aromatic hydroxyl groups is 1. The van der Waals surface area contributed by atoms with Crippen LogP contribution in [0.1, 0.15) is 5.56 Å². The molecule has 0 spiro atoms. The van der Waals surface area contributed by atoms with Crippen LogP contribution in [0, 0.1) is 6.92 Å². The van der Waals surface area contributed by atoms with Crippen LogP contribution in [-0.2, 0) is 7.05 Å². The quantitative estimate of drug-likeness (QED) is 0.634. The monoisotopic (exact) mass is 313 g/mol. The van der Waals surface area contributed by atoms with Crippen LogP contribution in [0.15, 0.2) is 45.6 Å². The van der Waals surface area contributed by atoms with Crippen LogP contribution in [0.5, 0.6) is 5.75 Å². The average molecular weight is 313 g/mol. The van der Waals surface area contributed by atoms with E-state index in [1.54, 1.807) is 44.3 Å². The fourth-order valence-corrected chi connectivity index (χ4v) is 2.24. The Morgan fingerprint density at radius 1 is 1.13 bits per heavy atom. The van der Waals surface area contributed by atoms with E-state index in [0.29, 0.717) is 28.0 Å². The second-order valence-corrected chi connectivity index (χ2v) is 5.19. The molecule has 3 N–H and O–H groups in total. The van der Waals surface area contributed by atoms with Gasteiger partial charge < -0.3 is 20.2 Å². The van der Waals surface area contributed by atoms with Gasteiger partial charge in [-0.2, -0.15) is 0 Å². The molecule has 3 rings (SSSR count). The van der Waals surface area contributed by atoms with Crippen molar-refractivity contribution in [3.05, 3.63) is 52.5 Å². The van der Waals surface area contributed by atoms with Crippen molar-refractivity contribution in [1.82, 2.24) is 4.57 Å². The van der Waals surface area contributed by atoms with Crippen molar-refractivity contribution in [3.8, 4) is 5.75 Å². The summed E-state index contributed by atoms with van der Waals surface area (Å²) in [6.45, 7) is 1.74. The molecule has 0 aliphatic rings. The van der Waals surface area contributed by atoms with Gasteiger partial charge in [-0.15, -0.1) is 0 Å². The number of benzene rings is 2. The second-order valence-electron chi connectivity index (χ2n) is 5.19. The van der Waals surface area contributed by atoms with Gasteiger partial charge in [-0.25, -0.2) is 9.59 Å². The normalized spacial score (nSPS) is 10.7. The van der Waals surface area contributed by atoms with Crippen molar-refractivity contribution >= 4 is 28.5 Å². The van der Waals surface area contributed by atoms with Gasteiger partial charge in [0.05, 0.1) is 5.52 Å². The first-order valence-electron chi connectivity index (χ1n) is 6.91. The molecule has 3 aromatic rings. The number of nitrogens with zero attached hydrogens (tertiary/aromatic N) is 1. The van der Waals surface area contributed by atoms with Crippen molar-refractivity contribution in [2.24, 2.45) is 7.05 Å². The van der Waals surface area contributed by atoms with E-state index in [9.17, 15) is 14.7 Å². The molecule has 23 heavy (non-hydrogen) atoms. The van der Waals surface area contributed by atoms with Crippen molar-refractivity contribution in [1.29, 1.82) is 0 Å². The Morgan fingerprint density at radius 2 is 1.78 bits per heavy atom. The van der Waals surface area contributed by atoms with E-state index in [2.05, 4.69) is 10.6 Å². The number of nitrogens with one attached hydrogen (secondary N) is 2. The standard InChI is InChI=1S/C16H15N3O4/c1-9-7-10(4-6-13(9)20)17-15(21)18-11-3-5-12-14(8-11)23-16(22)19(12)2/h3-8,20H,1-2H3,(H2,17,18,21). The van der Waals surface area contributed by atoms with Gasteiger partial charge in [0.2, 0.25) is 0 Å². The lowest BCUT2D eigenvalue weighted by atomic mass is 10.2. The Hall–Kier alpha value is -3.22. The maximum Gasteiger partial charge on any atom is 0.419 e. The Kier molecular flexibility index (Phi) is 3.53. The molecule has 2 amide bonds. The van der Waals surface area contributed by atoms with Crippen molar-refractivity contribution in [2.45, 2.75) is 6.92 Å². The number of aryl methyl sites for hydroxylation is 2. The number of urea groups is 1. The van der Waals surface area contributed by atoms with Crippen LogP contribution >= 0.6 is 0 Å². The number of fused-ring (bicyclic) bond motifs is 1. The summed E-state index contributed by atoms with van der Waals surface area (Å²) < 4.78 is 6.46. The number of hydrogen-bond acceptors (Lipinski definition) is 4. The zero-order chi connectivity index (χ0) is 16.6. The Bertz CT molecular complexity index is 956. The van der Waals surface area contributed by atoms with Gasteiger partial charge in [0.15, 0.2) is 5.58 Å². The Balaban J connectivity index is 1.77. The van der Waals surface area contributed by atoms with Gasteiger partial charge in [0.1, 0.15) is 5.75 Å². The summed E-state index contributed by atoms with van der Waals surface area (Å²) in [4.78, 5) is 23.5. The number of rotatable bonds is 2. The van der Waals surface area contributed by atoms with E-state index in [4.69, 9.17) is 4.42 Å². The van der Waals surface area contributed by atoms with E-state index in [-0.39, 0.29) is 5.75 Å². The number of phenols is 1. The highest BCUT2D eigenvalue weighted by atomic mass is 16.4. The van der Waals surface area contributed by atoms with Crippen LogP contribution in [0.25, 0.3) is 11.1 Å².